The molecule has 4 nitrogen and oxygen atoms in total. The zero-order valence-corrected chi connectivity index (χ0v) is 15.6. The molecule has 2 aromatic rings. The summed E-state index contributed by atoms with van der Waals surface area (Å²) in [6.45, 7) is 10.6. The molecule has 2 rings (SSSR count). The monoisotopic (exact) mass is 342 g/mol. The Hall–Kier alpha value is -2.49. The van der Waals surface area contributed by atoms with E-state index in [1.54, 1.807) is 12.1 Å². The summed E-state index contributed by atoms with van der Waals surface area (Å²) in [6, 6.07) is 9.34. The van der Waals surface area contributed by atoms with Crippen LogP contribution in [-0.4, -0.2) is 23.8 Å². The van der Waals surface area contributed by atoms with Crippen molar-refractivity contribution in [3.05, 3.63) is 47.0 Å². The molecule has 0 unspecified atom stereocenters. The molecule has 0 aromatic heterocycles. The molecule has 0 amide bonds. The van der Waals surface area contributed by atoms with Gasteiger partial charge in [-0.3, -0.25) is 0 Å². The maximum Gasteiger partial charge on any atom is 0.339 e. The van der Waals surface area contributed by atoms with Gasteiger partial charge in [0.15, 0.2) is 0 Å². The van der Waals surface area contributed by atoms with Gasteiger partial charge in [-0.05, 0) is 80.6 Å². The van der Waals surface area contributed by atoms with Crippen molar-refractivity contribution in [3.63, 3.8) is 0 Å². The molecule has 0 saturated heterocycles. The Morgan fingerprint density at radius 3 is 2.24 bits per heavy atom. The molecule has 0 aliphatic carbocycles. The molecule has 0 heterocycles. The van der Waals surface area contributed by atoms with E-state index in [9.17, 15) is 9.90 Å². The predicted octanol–water partition coefficient (Wildman–Crippen LogP) is 5.24. The number of hydrogen-bond donors (Lipinski definition) is 1. The Balaban J connectivity index is 2.46. The Kier molecular flexibility index (Phi) is 6.07. The highest BCUT2D eigenvalue weighted by Gasteiger charge is 2.15. The first-order valence-electron chi connectivity index (χ1n) is 8.61. The number of rotatable bonds is 7. The van der Waals surface area contributed by atoms with Crippen molar-refractivity contribution < 1.29 is 19.4 Å². The molecule has 4 heteroatoms. The smallest absolute Gasteiger partial charge is 0.339 e. The van der Waals surface area contributed by atoms with E-state index in [2.05, 4.69) is 19.1 Å². The Morgan fingerprint density at radius 1 is 1.08 bits per heavy atom. The zero-order chi connectivity index (χ0) is 18.6. The van der Waals surface area contributed by atoms with E-state index in [-0.39, 0.29) is 11.7 Å². The van der Waals surface area contributed by atoms with Gasteiger partial charge in [0, 0.05) is 0 Å². The van der Waals surface area contributed by atoms with Gasteiger partial charge in [0.2, 0.25) is 0 Å². The lowest BCUT2D eigenvalue weighted by atomic mass is 9.98. The molecule has 0 atom stereocenters. The van der Waals surface area contributed by atoms with Crippen LogP contribution >= 0.6 is 0 Å². The van der Waals surface area contributed by atoms with Crippen molar-refractivity contribution in [2.45, 2.75) is 47.1 Å². The standard InChI is InChI=1S/C21H26O4/c1-6-9-24-20-14(4)10-17(11-15(20)5)16-7-8-18(21(22)23)19(12-16)25-13(2)3/h7-8,10-13H,6,9H2,1-5H3,(H,22,23). The Morgan fingerprint density at radius 2 is 1.72 bits per heavy atom. The zero-order valence-electron chi connectivity index (χ0n) is 15.6. The van der Waals surface area contributed by atoms with E-state index in [1.807, 2.05) is 33.8 Å². The summed E-state index contributed by atoms with van der Waals surface area (Å²) in [5.41, 5.74) is 4.25. The molecule has 0 fully saturated rings. The molecule has 0 spiro atoms. The molecule has 0 aliphatic heterocycles. The molecule has 1 N–H and O–H groups in total. The molecule has 0 saturated carbocycles. The number of carboxylic acids is 1. The first-order chi connectivity index (χ1) is 11.8. The molecule has 134 valence electrons. The van der Waals surface area contributed by atoms with Crippen molar-refractivity contribution >= 4 is 5.97 Å². The van der Waals surface area contributed by atoms with Gasteiger partial charge >= 0.3 is 5.97 Å². The van der Waals surface area contributed by atoms with Crippen LogP contribution in [0.2, 0.25) is 0 Å². The Labute approximate surface area is 149 Å². The fourth-order valence-electron chi connectivity index (χ4n) is 2.78. The minimum absolute atomic E-state index is 0.0957. The minimum atomic E-state index is -0.988. The molecular weight excluding hydrogens is 316 g/mol. The highest BCUT2D eigenvalue weighted by Crippen LogP contribution is 2.33. The van der Waals surface area contributed by atoms with E-state index in [4.69, 9.17) is 9.47 Å². The molecule has 0 bridgehead atoms. The number of aryl methyl sites for hydroxylation is 2. The van der Waals surface area contributed by atoms with Gasteiger partial charge in [0.25, 0.3) is 0 Å². The molecule has 0 aliphatic rings. The van der Waals surface area contributed by atoms with Gasteiger partial charge in [0.1, 0.15) is 17.1 Å². The third kappa shape index (κ3) is 4.53. The van der Waals surface area contributed by atoms with Crippen molar-refractivity contribution in [1.82, 2.24) is 0 Å². The highest BCUT2D eigenvalue weighted by molar-refractivity contribution is 5.92. The second-order valence-corrected chi connectivity index (χ2v) is 6.47. The summed E-state index contributed by atoms with van der Waals surface area (Å²) in [5.74, 6) is 0.325. The van der Waals surface area contributed by atoms with Gasteiger partial charge in [-0.1, -0.05) is 13.0 Å². The lowest BCUT2D eigenvalue weighted by molar-refractivity contribution is 0.0690. The third-order valence-corrected chi connectivity index (χ3v) is 3.82. The van der Waals surface area contributed by atoms with Crippen molar-refractivity contribution in [2.24, 2.45) is 0 Å². The van der Waals surface area contributed by atoms with E-state index in [0.29, 0.717) is 12.4 Å². The van der Waals surface area contributed by atoms with Crippen LogP contribution in [0.4, 0.5) is 0 Å². The predicted molar refractivity (Wildman–Crippen MR) is 99.9 cm³/mol. The number of carboxylic acid groups (broad SMARTS) is 1. The van der Waals surface area contributed by atoms with E-state index < -0.39 is 5.97 Å². The molecule has 2 aromatic carbocycles. The molecule has 0 radical (unpaired) electrons. The van der Waals surface area contributed by atoms with Gasteiger partial charge in [0.05, 0.1) is 12.7 Å². The van der Waals surface area contributed by atoms with Crippen molar-refractivity contribution in [3.8, 4) is 22.6 Å². The van der Waals surface area contributed by atoms with Crippen LogP contribution in [-0.2, 0) is 0 Å². The normalized spacial score (nSPS) is 10.8. The highest BCUT2D eigenvalue weighted by atomic mass is 16.5. The van der Waals surface area contributed by atoms with E-state index in [0.717, 1.165) is 34.4 Å². The fourth-order valence-corrected chi connectivity index (χ4v) is 2.78. The van der Waals surface area contributed by atoms with E-state index >= 15 is 0 Å². The van der Waals surface area contributed by atoms with Crippen LogP contribution in [0.25, 0.3) is 11.1 Å². The molecule has 25 heavy (non-hydrogen) atoms. The number of benzene rings is 2. The number of aromatic carboxylic acids is 1. The van der Waals surface area contributed by atoms with Crippen molar-refractivity contribution in [2.75, 3.05) is 6.61 Å². The van der Waals surface area contributed by atoms with Crippen LogP contribution in [0.15, 0.2) is 30.3 Å². The van der Waals surface area contributed by atoms with Crippen LogP contribution in [0.3, 0.4) is 0 Å². The number of carbonyl (C=O) groups is 1. The summed E-state index contributed by atoms with van der Waals surface area (Å²) >= 11 is 0. The first kappa shape index (κ1) is 18.8. The van der Waals surface area contributed by atoms with Crippen LogP contribution in [0, 0.1) is 13.8 Å². The lowest BCUT2D eigenvalue weighted by Crippen LogP contribution is -2.10. The second kappa shape index (κ2) is 8.06. The first-order valence-corrected chi connectivity index (χ1v) is 8.61. The van der Waals surface area contributed by atoms with Crippen LogP contribution in [0.1, 0.15) is 48.7 Å². The van der Waals surface area contributed by atoms with Crippen molar-refractivity contribution in [1.29, 1.82) is 0 Å². The SMILES string of the molecule is CCCOc1c(C)cc(-c2ccc(C(=O)O)c(OC(C)C)c2)cc1C. The largest absolute Gasteiger partial charge is 0.493 e. The third-order valence-electron chi connectivity index (χ3n) is 3.82. The Bertz CT molecular complexity index is 739. The summed E-state index contributed by atoms with van der Waals surface area (Å²) < 4.78 is 11.5. The number of ether oxygens (including phenoxy) is 2. The topological polar surface area (TPSA) is 55.8 Å². The quantitative estimate of drug-likeness (QED) is 0.747. The minimum Gasteiger partial charge on any atom is -0.493 e. The summed E-state index contributed by atoms with van der Waals surface area (Å²) in [7, 11) is 0. The maximum absolute atomic E-state index is 11.4. The summed E-state index contributed by atoms with van der Waals surface area (Å²) in [4.78, 5) is 11.4. The average molecular weight is 342 g/mol. The van der Waals surface area contributed by atoms with Gasteiger partial charge in [-0.25, -0.2) is 4.79 Å². The summed E-state index contributed by atoms with van der Waals surface area (Å²) in [6.07, 6.45) is 0.870. The number of hydrogen-bond acceptors (Lipinski definition) is 3. The van der Waals surface area contributed by atoms with Crippen LogP contribution in [0.5, 0.6) is 11.5 Å². The second-order valence-electron chi connectivity index (χ2n) is 6.47. The fraction of sp³-hybridized carbons (Fsp3) is 0.381. The van der Waals surface area contributed by atoms with Crippen LogP contribution < -0.4 is 9.47 Å². The average Bonchev–Trinajstić information content (AvgIpc) is 2.53. The maximum atomic E-state index is 11.4. The molecular formula is C21H26O4. The summed E-state index contributed by atoms with van der Waals surface area (Å²) in [5, 5.41) is 9.35. The lowest BCUT2D eigenvalue weighted by Gasteiger charge is -2.16. The van der Waals surface area contributed by atoms with Gasteiger partial charge in [-0.15, -0.1) is 0 Å². The van der Waals surface area contributed by atoms with Gasteiger partial charge < -0.3 is 14.6 Å². The van der Waals surface area contributed by atoms with Gasteiger partial charge in [-0.2, -0.15) is 0 Å². The van der Waals surface area contributed by atoms with E-state index in [1.165, 1.54) is 0 Å².